The average Bonchev–Trinajstić information content (AvgIpc) is 3.07. The van der Waals surface area contributed by atoms with E-state index >= 15 is 0 Å². The maximum atomic E-state index is 5.93. The van der Waals surface area contributed by atoms with E-state index in [1.165, 1.54) is 18.4 Å². The number of hydrogen-bond acceptors (Lipinski definition) is 1. The molecule has 1 aromatic carbocycles. The van der Waals surface area contributed by atoms with Crippen molar-refractivity contribution >= 4 is 33.2 Å². The van der Waals surface area contributed by atoms with Crippen molar-refractivity contribution in [3.05, 3.63) is 39.3 Å². The first-order valence-corrected chi connectivity index (χ1v) is 6.69. The number of rotatable bonds is 4. The van der Waals surface area contributed by atoms with Crippen LogP contribution in [0.25, 0.3) is 0 Å². The summed E-state index contributed by atoms with van der Waals surface area (Å²) in [7, 11) is 0. The number of hydrogen-bond donors (Lipinski definition) is 1. The normalized spacial score (nSPS) is 16.3. The highest BCUT2D eigenvalue weighted by atomic mass is 79.9. The lowest BCUT2D eigenvalue weighted by atomic mass is 10.2. The molecule has 0 amide bonds. The Bertz CT molecular complexity index is 410. The van der Waals surface area contributed by atoms with E-state index in [1.807, 2.05) is 18.2 Å². The van der Waals surface area contributed by atoms with Crippen molar-refractivity contribution in [2.75, 3.05) is 11.9 Å². The maximum Gasteiger partial charge on any atom is 0.0549 e. The van der Waals surface area contributed by atoms with Crippen molar-refractivity contribution in [2.45, 2.75) is 19.8 Å². The molecule has 0 bridgehead atoms. The van der Waals surface area contributed by atoms with Gasteiger partial charge >= 0.3 is 0 Å². The summed E-state index contributed by atoms with van der Waals surface area (Å²) in [5.74, 6) is 0.860. The van der Waals surface area contributed by atoms with Gasteiger partial charge in [-0.25, -0.2) is 0 Å². The van der Waals surface area contributed by atoms with Gasteiger partial charge in [-0.3, -0.25) is 0 Å². The van der Waals surface area contributed by atoms with Crippen LogP contribution in [0.1, 0.15) is 19.8 Å². The van der Waals surface area contributed by atoms with Gasteiger partial charge in [0.25, 0.3) is 0 Å². The molecule has 1 nitrogen and oxygen atoms in total. The number of nitrogens with one attached hydrogen (secondary N) is 1. The molecule has 0 radical (unpaired) electrons. The summed E-state index contributed by atoms with van der Waals surface area (Å²) < 4.78 is 0.932. The van der Waals surface area contributed by atoms with Gasteiger partial charge in [0.1, 0.15) is 0 Å². The van der Waals surface area contributed by atoms with Gasteiger partial charge in [-0.1, -0.05) is 23.3 Å². The quantitative estimate of drug-likeness (QED) is 0.782. The zero-order valence-corrected chi connectivity index (χ0v) is 11.6. The largest absolute Gasteiger partial charge is 0.382 e. The van der Waals surface area contributed by atoms with Crippen molar-refractivity contribution in [2.24, 2.45) is 5.92 Å². The van der Waals surface area contributed by atoms with Crippen molar-refractivity contribution in [3.8, 4) is 0 Å². The zero-order chi connectivity index (χ0) is 11.5. The summed E-state index contributed by atoms with van der Waals surface area (Å²) in [6.07, 6.45) is 5.02. The van der Waals surface area contributed by atoms with Gasteiger partial charge in [-0.05, 0) is 59.8 Å². The molecular formula is C13H15BrClN. The molecule has 3 heteroatoms. The van der Waals surface area contributed by atoms with Crippen molar-refractivity contribution < 1.29 is 0 Å². The van der Waals surface area contributed by atoms with Gasteiger partial charge in [0.15, 0.2) is 0 Å². The lowest BCUT2D eigenvalue weighted by molar-refractivity contribution is 0.993. The fraction of sp³-hybridized carbons (Fsp3) is 0.385. The molecule has 1 aliphatic rings. The summed E-state index contributed by atoms with van der Waals surface area (Å²) in [6.45, 7) is 3.10. The highest BCUT2D eigenvalue weighted by Gasteiger charge is 2.22. The molecule has 1 aromatic rings. The predicted octanol–water partition coefficient (Wildman–Crippen LogP) is 4.87. The van der Waals surface area contributed by atoms with Gasteiger partial charge in [0.2, 0.25) is 0 Å². The molecule has 0 aliphatic heterocycles. The number of halogens is 2. The summed E-state index contributed by atoms with van der Waals surface area (Å²) in [5, 5.41) is 4.11. The Hall–Kier alpha value is -0.470. The van der Waals surface area contributed by atoms with Crippen LogP contribution >= 0.6 is 27.5 Å². The van der Waals surface area contributed by atoms with Crippen molar-refractivity contribution in [1.82, 2.24) is 0 Å². The average molecular weight is 301 g/mol. The molecule has 16 heavy (non-hydrogen) atoms. The summed E-state index contributed by atoms with van der Waals surface area (Å²) in [6, 6.07) is 5.89. The fourth-order valence-electron chi connectivity index (χ4n) is 1.64. The third kappa shape index (κ3) is 3.26. The lowest BCUT2D eigenvalue weighted by Crippen LogP contribution is -1.99. The van der Waals surface area contributed by atoms with E-state index in [1.54, 1.807) is 0 Å². The fourth-order valence-corrected chi connectivity index (χ4v) is 2.14. The second-order valence-corrected chi connectivity index (χ2v) is 5.49. The SMILES string of the molecule is C/C(=C\CNc1ccc(Cl)c(Br)c1)C1CC1. The van der Waals surface area contributed by atoms with Gasteiger partial charge < -0.3 is 5.32 Å². The van der Waals surface area contributed by atoms with Gasteiger partial charge in [-0.2, -0.15) is 0 Å². The van der Waals surface area contributed by atoms with Gasteiger partial charge in [-0.15, -0.1) is 0 Å². The van der Waals surface area contributed by atoms with E-state index in [4.69, 9.17) is 11.6 Å². The van der Waals surface area contributed by atoms with Crippen molar-refractivity contribution in [3.63, 3.8) is 0 Å². The first-order valence-electron chi connectivity index (χ1n) is 5.52. The number of anilines is 1. The summed E-state index contributed by atoms with van der Waals surface area (Å²) >= 11 is 9.34. The number of allylic oxidation sites excluding steroid dienone is 1. The minimum Gasteiger partial charge on any atom is -0.382 e. The molecule has 0 unspecified atom stereocenters. The predicted molar refractivity (Wildman–Crippen MR) is 74.1 cm³/mol. The molecular weight excluding hydrogens is 286 g/mol. The van der Waals surface area contributed by atoms with E-state index in [9.17, 15) is 0 Å². The Labute approximate surface area is 110 Å². The second kappa shape index (κ2) is 5.24. The van der Waals surface area contributed by atoms with Crippen LogP contribution < -0.4 is 5.32 Å². The highest BCUT2D eigenvalue weighted by molar-refractivity contribution is 9.10. The first kappa shape index (κ1) is 12.0. The third-order valence-corrected chi connectivity index (χ3v) is 4.09. The Morgan fingerprint density at radius 3 is 2.94 bits per heavy atom. The molecule has 1 aliphatic carbocycles. The van der Waals surface area contributed by atoms with E-state index in [2.05, 4.69) is 34.2 Å². The molecule has 0 saturated heterocycles. The van der Waals surface area contributed by atoms with Crippen LogP contribution in [-0.4, -0.2) is 6.54 Å². The van der Waals surface area contributed by atoms with Gasteiger partial charge in [0, 0.05) is 16.7 Å². The maximum absolute atomic E-state index is 5.93. The minimum absolute atomic E-state index is 0.746. The topological polar surface area (TPSA) is 12.0 Å². The summed E-state index contributed by atoms with van der Waals surface area (Å²) in [4.78, 5) is 0. The van der Waals surface area contributed by atoms with Gasteiger partial charge in [0.05, 0.1) is 5.02 Å². The highest BCUT2D eigenvalue weighted by Crippen LogP contribution is 2.35. The van der Waals surface area contributed by atoms with Crippen LogP contribution in [0.5, 0.6) is 0 Å². The molecule has 0 atom stereocenters. The monoisotopic (exact) mass is 299 g/mol. The van der Waals surface area contributed by atoms with Crippen LogP contribution in [0.4, 0.5) is 5.69 Å². The molecule has 1 N–H and O–H groups in total. The van der Waals surface area contributed by atoms with Crippen molar-refractivity contribution in [1.29, 1.82) is 0 Å². The molecule has 2 rings (SSSR count). The lowest BCUT2D eigenvalue weighted by Gasteiger charge is -2.05. The summed E-state index contributed by atoms with van der Waals surface area (Å²) in [5.41, 5.74) is 2.61. The third-order valence-electron chi connectivity index (χ3n) is 2.87. The molecule has 0 aromatic heterocycles. The smallest absolute Gasteiger partial charge is 0.0549 e. The standard InChI is InChI=1S/C13H15BrClN/c1-9(10-2-3-10)6-7-16-11-4-5-13(15)12(14)8-11/h4-6,8,10,16H,2-3,7H2,1H3/b9-6+. The molecule has 1 saturated carbocycles. The van der Waals surface area contributed by atoms with Crippen LogP contribution in [0.3, 0.4) is 0 Å². The second-order valence-electron chi connectivity index (χ2n) is 4.23. The Morgan fingerprint density at radius 1 is 1.56 bits per heavy atom. The molecule has 0 heterocycles. The van der Waals surface area contributed by atoms with E-state index < -0.39 is 0 Å². The Kier molecular flexibility index (Phi) is 3.93. The number of benzene rings is 1. The Balaban J connectivity index is 1.89. The molecule has 86 valence electrons. The molecule has 0 spiro atoms. The van der Waals surface area contributed by atoms with E-state index in [0.29, 0.717) is 0 Å². The van der Waals surface area contributed by atoms with Crippen LogP contribution in [0, 0.1) is 5.92 Å². The van der Waals surface area contributed by atoms with Crippen LogP contribution in [-0.2, 0) is 0 Å². The first-order chi connectivity index (χ1) is 7.66. The Morgan fingerprint density at radius 2 is 2.31 bits per heavy atom. The molecule has 1 fully saturated rings. The minimum atomic E-state index is 0.746. The van der Waals surface area contributed by atoms with Crippen LogP contribution in [0.2, 0.25) is 5.02 Å². The zero-order valence-electron chi connectivity index (χ0n) is 9.26. The van der Waals surface area contributed by atoms with E-state index in [0.717, 1.165) is 27.6 Å². The van der Waals surface area contributed by atoms with Crippen LogP contribution in [0.15, 0.2) is 34.3 Å². The van der Waals surface area contributed by atoms with E-state index in [-0.39, 0.29) is 0 Å².